The van der Waals surface area contributed by atoms with Crippen molar-refractivity contribution < 1.29 is 0 Å². The van der Waals surface area contributed by atoms with Gasteiger partial charge in [0.05, 0.1) is 0 Å². The molecular formula is C14H18N2. The molecule has 16 heavy (non-hydrogen) atoms. The molecule has 2 heterocycles. The molecule has 1 aromatic heterocycles. The molecule has 0 radical (unpaired) electrons. The smallest absolute Gasteiger partial charge is 0.0489 e. The Labute approximate surface area is 96.1 Å². The summed E-state index contributed by atoms with van der Waals surface area (Å²) in [7, 11) is 0. The molecule has 84 valence electrons. The van der Waals surface area contributed by atoms with Crippen LogP contribution >= 0.6 is 0 Å². The molecule has 1 atom stereocenters. The van der Waals surface area contributed by atoms with E-state index >= 15 is 0 Å². The maximum Gasteiger partial charge on any atom is 0.0489 e. The average Bonchev–Trinajstić information content (AvgIpc) is 2.59. The molecule has 0 amide bonds. The van der Waals surface area contributed by atoms with E-state index in [1.54, 1.807) is 0 Å². The molecule has 3 rings (SSSR count). The van der Waals surface area contributed by atoms with Gasteiger partial charge in [0.2, 0.25) is 0 Å². The zero-order valence-electron chi connectivity index (χ0n) is 10.1. The second-order valence-electron chi connectivity index (χ2n) is 5.05. The molecule has 2 aromatic rings. The lowest BCUT2D eigenvalue weighted by Crippen LogP contribution is -2.26. The van der Waals surface area contributed by atoms with Crippen LogP contribution in [-0.2, 0) is 6.54 Å². The quantitative estimate of drug-likeness (QED) is 0.693. The maximum absolute atomic E-state index is 3.62. The lowest BCUT2D eigenvalue weighted by Gasteiger charge is -2.19. The lowest BCUT2D eigenvalue weighted by atomic mass is 9.97. The van der Waals surface area contributed by atoms with Crippen molar-refractivity contribution in [3.8, 4) is 0 Å². The third-order valence-electron chi connectivity index (χ3n) is 3.63. The number of nitrogens with one attached hydrogen (secondary N) is 2. The largest absolute Gasteiger partial charge is 0.358 e. The van der Waals surface area contributed by atoms with Crippen molar-refractivity contribution in [2.45, 2.75) is 33.2 Å². The van der Waals surface area contributed by atoms with E-state index < -0.39 is 0 Å². The Hall–Kier alpha value is -1.28. The van der Waals surface area contributed by atoms with Crippen LogP contribution in [0.3, 0.4) is 0 Å². The monoisotopic (exact) mass is 214 g/mol. The van der Waals surface area contributed by atoms with E-state index in [0.717, 1.165) is 13.1 Å². The lowest BCUT2D eigenvalue weighted by molar-refractivity contribution is 0.565. The summed E-state index contributed by atoms with van der Waals surface area (Å²) in [5, 5.41) is 4.90. The standard InChI is InChI=1S/C14H18N2/c1-8-4-9(2)13-11(5-8)12-7-15-6-10(3)14(12)16-13/h4-5,10,15-16H,6-7H2,1-3H3. The van der Waals surface area contributed by atoms with Gasteiger partial charge in [-0.2, -0.15) is 0 Å². The molecule has 2 heteroatoms. The normalized spacial score (nSPS) is 20.1. The average molecular weight is 214 g/mol. The first-order valence-corrected chi connectivity index (χ1v) is 5.99. The van der Waals surface area contributed by atoms with E-state index in [2.05, 4.69) is 43.2 Å². The number of aromatic amines is 1. The number of fused-ring (bicyclic) bond motifs is 3. The van der Waals surface area contributed by atoms with E-state index in [1.807, 2.05) is 0 Å². The minimum Gasteiger partial charge on any atom is -0.358 e. The van der Waals surface area contributed by atoms with Gasteiger partial charge in [-0.1, -0.05) is 18.6 Å². The van der Waals surface area contributed by atoms with Gasteiger partial charge >= 0.3 is 0 Å². The molecule has 1 unspecified atom stereocenters. The van der Waals surface area contributed by atoms with Crippen LogP contribution in [0.4, 0.5) is 0 Å². The number of rotatable bonds is 0. The Morgan fingerprint density at radius 3 is 2.88 bits per heavy atom. The number of hydrogen-bond acceptors (Lipinski definition) is 1. The van der Waals surface area contributed by atoms with Crippen LogP contribution in [0.1, 0.15) is 35.2 Å². The summed E-state index contributed by atoms with van der Waals surface area (Å²) < 4.78 is 0. The number of H-pyrrole nitrogens is 1. The fraction of sp³-hybridized carbons (Fsp3) is 0.429. The predicted molar refractivity (Wildman–Crippen MR) is 67.9 cm³/mol. The van der Waals surface area contributed by atoms with E-state index in [0.29, 0.717) is 5.92 Å². The minimum atomic E-state index is 0.593. The molecule has 1 aromatic carbocycles. The number of aryl methyl sites for hydroxylation is 2. The second kappa shape index (κ2) is 3.36. The highest BCUT2D eigenvalue weighted by Gasteiger charge is 2.21. The van der Waals surface area contributed by atoms with Gasteiger partial charge in [0, 0.05) is 35.6 Å². The Morgan fingerprint density at radius 1 is 1.25 bits per heavy atom. The first-order chi connectivity index (χ1) is 7.66. The molecule has 0 aliphatic carbocycles. The second-order valence-corrected chi connectivity index (χ2v) is 5.05. The minimum absolute atomic E-state index is 0.593. The zero-order chi connectivity index (χ0) is 11.3. The zero-order valence-corrected chi connectivity index (χ0v) is 10.1. The molecule has 0 saturated heterocycles. The van der Waals surface area contributed by atoms with E-state index in [1.165, 1.54) is 33.3 Å². The van der Waals surface area contributed by atoms with Crippen LogP contribution in [0.25, 0.3) is 10.9 Å². The molecular weight excluding hydrogens is 196 g/mol. The number of benzene rings is 1. The maximum atomic E-state index is 3.62. The van der Waals surface area contributed by atoms with Crippen molar-refractivity contribution >= 4 is 10.9 Å². The van der Waals surface area contributed by atoms with Crippen LogP contribution in [0.2, 0.25) is 0 Å². The molecule has 0 bridgehead atoms. The predicted octanol–water partition coefficient (Wildman–Crippen LogP) is 2.99. The summed E-state index contributed by atoms with van der Waals surface area (Å²) in [4.78, 5) is 3.62. The summed E-state index contributed by atoms with van der Waals surface area (Å²) >= 11 is 0. The van der Waals surface area contributed by atoms with E-state index in [-0.39, 0.29) is 0 Å². The summed E-state index contributed by atoms with van der Waals surface area (Å²) in [6.07, 6.45) is 0. The Bertz CT molecular complexity index is 551. The molecule has 0 spiro atoms. The molecule has 2 nitrogen and oxygen atoms in total. The Morgan fingerprint density at radius 2 is 2.06 bits per heavy atom. The van der Waals surface area contributed by atoms with Gasteiger partial charge in [0.25, 0.3) is 0 Å². The van der Waals surface area contributed by atoms with Crippen molar-refractivity contribution in [3.05, 3.63) is 34.5 Å². The number of aromatic nitrogens is 1. The third kappa shape index (κ3) is 1.30. The van der Waals surface area contributed by atoms with Crippen molar-refractivity contribution in [1.82, 2.24) is 10.3 Å². The summed E-state index contributed by atoms with van der Waals surface area (Å²) in [6.45, 7) is 8.73. The fourth-order valence-corrected chi connectivity index (χ4v) is 2.85. The molecule has 2 N–H and O–H groups in total. The van der Waals surface area contributed by atoms with Gasteiger partial charge in [-0.15, -0.1) is 0 Å². The fourth-order valence-electron chi connectivity index (χ4n) is 2.85. The van der Waals surface area contributed by atoms with Gasteiger partial charge < -0.3 is 10.3 Å². The van der Waals surface area contributed by atoms with Gasteiger partial charge in [0.1, 0.15) is 0 Å². The van der Waals surface area contributed by atoms with E-state index in [9.17, 15) is 0 Å². The molecule has 1 aliphatic rings. The first-order valence-electron chi connectivity index (χ1n) is 5.99. The van der Waals surface area contributed by atoms with Gasteiger partial charge in [0.15, 0.2) is 0 Å². The van der Waals surface area contributed by atoms with Crippen molar-refractivity contribution in [2.24, 2.45) is 0 Å². The van der Waals surface area contributed by atoms with Crippen molar-refractivity contribution in [3.63, 3.8) is 0 Å². The first kappa shape index (κ1) is 9.91. The highest BCUT2D eigenvalue weighted by atomic mass is 14.9. The summed E-state index contributed by atoms with van der Waals surface area (Å²) in [6, 6.07) is 4.56. The van der Waals surface area contributed by atoms with E-state index in [4.69, 9.17) is 0 Å². The highest BCUT2D eigenvalue weighted by Crippen LogP contribution is 2.32. The SMILES string of the molecule is Cc1cc(C)c2[nH]c3c(c2c1)CNCC3C. The Balaban J connectivity index is 2.36. The summed E-state index contributed by atoms with van der Waals surface area (Å²) in [5.74, 6) is 0.593. The van der Waals surface area contributed by atoms with Crippen LogP contribution in [-0.4, -0.2) is 11.5 Å². The molecule has 1 aliphatic heterocycles. The topological polar surface area (TPSA) is 27.8 Å². The van der Waals surface area contributed by atoms with Crippen LogP contribution in [0.5, 0.6) is 0 Å². The van der Waals surface area contributed by atoms with Crippen LogP contribution < -0.4 is 5.32 Å². The van der Waals surface area contributed by atoms with Gasteiger partial charge in [-0.3, -0.25) is 0 Å². The van der Waals surface area contributed by atoms with Crippen molar-refractivity contribution in [2.75, 3.05) is 6.54 Å². The third-order valence-corrected chi connectivity index (χ3v) is 3.63. The Kier molecular flexibility index (Phi) is 2.08. The highest BCUT2D eigenvalue weighted by molar-refractivity contribution is 5.88. The molecule has 0 saturated carbocycles. The van der Waals surface area contributed by atoms with Crippen molar-refractivity contribution in [1.29, 1.82) is 0 Å². The summed E-state index contributed by atoms with van der Waals surface area (Å²) in [5.41, 5.74) is 6.94. The molecule has 0 fully saturated rings. The van der Waals surface area contributed by atoms with Crippen LogP contribution in [0.15, 0.2) is 12.1 Å². The van der Waals surface area contributed by atoms with Gasteiger partial charge in [-0.25, -0.2) is 0 Å². The van der Waals surface area contributed by atoms with Gasteiger partial charge in [-0.05, 0) is 31.0 Å². The number of hydrogen-bond donors (Lipinski definition) is 2. The van der Waals surface area contributed by atoms with Crippen LogP contribution in [0, 0.1) is 13.8 Å².